The molecule has 41 heavy (non-hydrogen) atoms. The predicted molar refractivity (Wildman–Crippen MR) is 153 cm³/mol. The number of nitrogens with one attached hydrogen (secondary N) is 2. The fraction of sp³-hybridized carbons (Fsp3) is 0.312. The smallest absolute Gasteiger partial charge is 0.255 e. The summed E-state index contributed by atoms with van der Waals surface area (Å²) in [5.74, 6) is -0.703. The lowest BCUT2D eigenvalue weighted by Crippen LogP contribution is -2.52. The van der Waals surface area contributed by atoms with Gasteiger partial charge in [-0.2, -0.15) is 0 Å². The molecule has 0 aliphatic carbocycles. The number of hydrogen-bond donors (Lipinski definition) is 2. The Morgan fingerprint density at radius 1 is 0.976 bits per heavy atom. The number of likely N-dealkylation sites (tertiary alicyclic amines) is 1. The molecule has 3 fully saturated rings. The Morgan fingerprint density at radius 2 is 1.78 bits per heavy atom. The second-order valence-electron chi connectivity index (χ2n) is 11.4. The number of amides is 4. The number of fused-ring (bicyclic) bond motifs is 3. The van der Waals surface area contributed by atoms with E-state index in [0.29, 0.717) is 35.0 Å². The monoisotopic (exact) mass is 568 g/mol. The van der Waals surface area contributed by atoms with Gasteiger partial charge in [0.2, 0.25) is 11.8 Å². The zero-order valence-corrected chi connectivity index (χ0v) is 23.1. The molecular weight excluding hydrogens is 540 g/mol. The highest BCUT2D eigenvalue weighted by atomic mass is 35.5. The van der Waals surface area contributed by atoms with E-state index in [1.54, 1.807) is 18.2 Å². The van der Waals surface area contributed by atoms with Crippen molar-refractivity contribution < 1.29 is 19.2 Å². The molecule has 4 atom stereocenters. The first-order chi connectivity index (χ1) is 19.9. The Labute approximate surface area is 242 Å². The fourth-order valence-electron chi connectivity index (χ4n) is 6.87. The van der Waals surface area contributed by atoms with Gasteiger partial charge in [0.05, 0.1) is 6.17 Å². The van der Waals surface area contributed by atoms with E-state index in [0.717, 1.165) is 24.0 Å². The number of benzene rings is 3. The molecule has 3 aromatic carbocycles. The third kappa shape index (κ3) is 4.61. The van der Waals surface area contributed by atoms with Gasteiger partial charge < -0.3 is 9.80 Å². The van der Waals surface area contributed by atoms with Crippen LogP contribution in [0.2, 0.25) is 5.02 Å². The third-order valence-corrected chi connectivity index (χ3v) is 9.20. The number of hydrogen-bond acceptors (Lipinski definition) is 5. The Morgan fingerprint density at radius 3 is 2.54 bits per heavy atom. The summed E-state index contributed by atoms with van der Waals surface area (Å²) in [7, 11) is 0. The van der Waals surface area contributed by atoms with Gasteiger partial charge in [0.25, 0.3) is 11.8 Å². The average Bonchev–Trinajstić information content (AvgIpc) is 3.66. The summed E-state index contributed by atoms with van der Waals surface area (Å²) in [6.07, 6.45) is 2.27. The molecule has 0 saturated carbocycles. The predicted octanol–water partition coefficient (Wildman–Crippen LogP) is 3.77. The normalized spacial score (nSPS) is 25.0. The van der Waals surface area contributed by atoms with Crippen LogP contribution in [0.25, 0.3) is 11.1 Å². The summed E-state index contributed by atoms with van der Waals surface area (Å²) < 4.78 is 0. The van der Waals surface area contributed by atoms with Crippen molar-refractivity contribution in [1.82, 2.24) is 20.4 Å². The third-order valence-electron chi connectivity index (χ3n) is 8.95. The van der Waals surface area contributed by atoms with Crippen molar-refractivity contribution in [3.05, 3.63) is 94.0 Å². The lowest BCUT2D eigenvalue weighted by Gasteiger charge is -2.33. The number of nitrogens with zero attached hydrogens (tertiary/aromatic N) is 2. The van der Waals surface area contributed by atoms with E-state index in [-0.39, 0.29) is 42.9 Å². The molecule has 2 bridgehead atoms. The van der Waals surface area contributed by atoms with E-state index in [4.69, 9.17) is 11.6 Å². The molecule has 3 saturated heterocycles. The topological polar surface area (TPSA) is 98.8 Å². The van der Waals surface area contributed by atoms with E-state index < -0.39 is 11.9 Å². The molecular formula is C32H29ClN4O4. The van der Waals surface area contributed by atoms with Crippen LogP contribution in [-0.2, 0) is 22.6 Å². The number of carbonyl (C=O) groups excluding carboxylic acids is 4. The Hall–Kier alpha value is -4.01. The lowest BCUT2D eigenvalue weighted by atomic mass is 9.90. The molecule has 0 radical (unpaired) electrons. The van der Waals surface area contributed by atoms with Crippen LogP contribution in [0.15, 0.2) is 66.7 Å². The molecule has 4 amide bonds. The maximum absolute atomic E-state index is 13.6. The van der Waals surface area contributed by atoms with Crippen molar-refractivity contribution in [1.29, 1.82) is 0 Å². The second kappa shape index (κ2) is 10.1. The first-order valence-corrected chi connectivity index (χ1v) is 14.4. The molecule has 208 valence electrons. The minimum atomic E-state index is -0.674. The van der Waals surface area contributed by atoms with Gasteiger partial charge in [0.15, 0.2) is 0 Å². The molecule has 4 aliphatic rings. The first-order valence-electron chi connectivity index (χ1n) is 14.0. The number of rotatable bonds is 5. The minimum Gasteiger partial charge on any atom is -0.323 e. The van der Waals surface area contributed by atoms with E-state index in [2.05, 4.69) is 34.9 Å². The van der Waals surface area contributed by atoms with Crippen LogP contribution in [0.5, 0.6) is 0 Å². The molecule has 3 aromatic rings. The van der Waals surface area contributed by atoms with Crippen LogP contribution in [0.1, 0.15) is 51.1 Å². The van der Waals surface area contributed by atoms with Gasteiger partial charge in [0.1, 0.15) is 6.04 Å². The van der Waals surface area contributed by atoms with E-state index >= 15 is 0 Å². The molecule has 4 aliphatic heterocycles. The van der Waals surface area contributed by atoms with E-state index in [1.807, 2.05) is 29.2 Å². The highest BCUT2D eigenvalue weighted by molar-refractivity contribution is 6.30. The SMILES string of the molecule is O=C1CCC(N2Cc3cc(C(=O)N4CC5CC4NC5Cc4ccccc4-c4ccc(Cl)cc4)ccc3C2=O)C(=O)N1. The maximum Gasteiger partial charge on any atom is 0.255 e. The summed E-state index contributed by atoms with van der Waals surface area (Å²) in [6.45, 7) is 0.934. The van der Waals surface area contributed by atoms with Gasteiger partial charge in [-0.3, -0.25) is 29.8 Å². The lowest BCUT2D eigenvalue weighted by molar-refractivity contribution is -0.136. The van der Waals surface area contributed by atoms with Crippen LogP contribution in [-0.4, -0.2) is 58.2 Å². The summed E-state index contributed by atoms with van der Waals surface area (Å²) in [5, 5.41) is 6.73. The van der Waals surface area contributed by atoms with Crippen LogP contribution < -0.4 is 10.6 Å². The Kier molecular flexibility index (Phi) is 6.40. The molecule has 4 heterocycles. The van der Waals surface area contributed by atoms with Gasteiger partial charge in [0, 0.05) is 41.7 Å². The van der Waals surface area contributed by atoms with Crippen molar-refractivity contribution in [2.75, 3.05) is 6.54 Å². The van der Waals surface area contributed by atoms with E-state index in [1.165, 1.54) is 16.0 Å². The highest BCUT2D eigenvalue weighted by Gasteiger charge is 2.46. The van der Waals surface area contributed by atoms with Gasteiger partial charge in [-0.05, 0) is 77.8 Å². The summed E-state index contributed by atoms with van der Waals surface area (Å²) in [5.41, 5.74) is 5.38. The number of imide groups is 1. The van der Waals surface area contributed by atoms with Gasteiger partial charge in [-0.25, -0.2) is 0 Å². The largest absolute Gasteiger partial charge is 0.323 e. The Bertz CT molecular complexity index is 1590. The number of carbonyl (C=O) groups is 4. The molecule has 7 rings (SSSR count). The molecule has 8 nitrogen and oxygen atoms in total. The van der Waals surface area contributed by atoms with Crippen molar-refractivity contribution in [2.45, 2.75) is 50.5 Å². The zero-order valence-electron chi connectivity index (χ0n) is 22.3. The van der Waals surface area contributed by atoms with Crippen molar-refractivity contribution in [2.24, 2.45) is 5.92 Å². The standard InChI is InChI=1S/C32H29ClN4O4/c33-23-8-5-18(6-9-23)24-4-2-1-3-19(24)14-26-22-15-28(34-26)37(17-22)31(40)20-7-10-25-21(13-20)16-36(32(25)41)27-11-12-29(38)35-30(27)39/h1-10,13,22,26-28,34H,11-12,14-17H2,(H,35,38,39). The molecule has 0 aromatic heterocycles. The minimum absolute atomic E-state index is 0.0324. The van der Waals surface area contributed by atoms with Crippen molar-refractivity contribution in [3.63, 3.8) is 0 Å². The van der Waals surface area contributed by atoms with Crippen LogP contribution >= 0.6 is 11.6 Å². The molecule has 2 N–H and O–H groups in total. The average molecular weight is 569 g/mol. The van der Waals surface area contributed by atoms with Crippen LogP contribution in [0.4, 0.5) is 0 Å². The molecule has 0 spiro atoms. The zero-order chi connectivity index (χ0) is 28.2. The quantitative estimate of drug-likeness (QED) is 0.457. The van der Waals surface area contributed by atoms with Gasteiger partial charge >= 0.3 is 0 Å². The van der Waals surface area contributed by atoms with Gasteiger partial charge in [-0.15, -0.1) is 0 Å². The Balaban J connectivity index is 1.03. The number of piperidine rings is 1. The van der Waals surface area contributed by atoms with Crippen LogP contribution in [0, 0.1) is 5.92 Å². The highest BCUT2D eigenvalue weighted by Crippen LogP contribution is 2.37. The van der Waals surface area contributed by atoms with Crippen molar-refractivity contribution in [3.8, 4) is 11.1 Å². The first kappa shape index (κ1) is 25.9. The maximum atomic E-state index is 13.6. The summed E-state index contributed by atoms with van der Waals surface area (Å²) in [6, 6.07) is 21.1. The van der Waals surface area contributed by atoms with Crippen LogP contribution in [0.3, 0.4) is 0 Å². The van der Waals surface area contributed by atoms with E-state index in [9.17, 15) is 19.2 Å². The fourth-order valence-corrected chi connectivity index (χ4v) is 7.00. The molecule has 9 heteroatoms. The second-order valence-corrected chi connectivity index (χ2v) is 11.8. The van der Waals surface area contributed by atoms with Crippen molar-refractivity contribution >= 4 is 35.2 Å². The summed E-state index contributed by atoms with van der Waals surface area (Å²) >= 11 is 6.10. The summed E-state index contributed by atoms with van der Waals surface area (Å²) in [4.78, 5) is 53.9. The number of halogens is 1. The molecule has 4 unspecified atom stereocenters. The van der Waals surface area contributed by atoms with Gasteiger partial charge in [-0.1, -0.05) is 48.0 Å².